The molecule has 2 heteroatoms. The van der Waals surface area contributed by atoms with Gasteiger partial charge in [-0.1, -0.05) is 115 Å². The third-order valence-corrected chi connectivity index (χ3v) is 9.05. The highest BCUT2D eigenvalue weighted by Gasteiger charge is 2.12. The molecule has 1 aromatic heterocycles. The number of rotatable bonds is 3. The molecule has 0 saturated carbocycles. The molecule has 8 aromatic carbocycles. The summed E-state index contributed by atoms with van der Waals surface area (Å²) in [6.45, 7) is 0. The maximum absolute atomic E-state index is 13.3. The summed E-state index contributed by atoms with van der Waals surface area (Å²) < 4.78 is 6.04. The van der Waals surface area contributed by atoms with Gasteiger partial charge < -0.3 is 4.42 Å². The Kier molecular flexibility index (Phi) is 5.69. The van der Waals surface area contributed by atoms with E-state index in [1.54, 1.807) is 0 Å². The Bertz CT molecular complexity index is 2640. The highest BCUT2D eigenvalue weighted by Crippen LogP contribution is 2.38. The molecule has 0 N–H and O–H groups in total. The van der Waals surface area contributed by atoms with Crippen LogP contribution in [0, 0.1) is 0 Å². The lowest BCUT2D eigenvalue weighted by molar-refractivity contribution is 0.660. The van der Waals surface area contributed by atoms with E-state index in [9.17, 15) is 4.79 Å². The Morgan fingerprint density at radius 2 is 0.689 bits per heavy atom. The van der Waals surface area contributed by atoms with Gasteiger partial charge in [-0.15, -0.1) is 0 Å². The summed E-state index contributed by atoms with van der Waals surface area (Å²) in [7, 11) is 0. The summed E-state index contributed by atoms with van der Waals surface area (Å²) >= 11 is 0. The molecule has 0 aliphatic rings. The number of hydrogen-bond acceptors (Lipinski definition) is 2. The van der Waals surface area contributed by atoms with Crippen molar-refractivity contribution in [3.05, 3.63) is 168 Å². The van der Waals surface area contributed by atoms with Gasteiger partial charge in [-0.3, -0.25) is 4.79 Å². The topological polar surface area (TPSA) is 30.2 Å². The van der Waals surface area contributed by atoms with Crippen LogP contribution in [0.4, 0.5) is 0 Å². The van der Waals surface area contributed by atoms with Gasteiger partial charge in [0.25, 0.3) is 0 Å². The maximum Gasteiger partial charge on any atom is 0.200 e. The van der Waals surface area contributed by atoms with Gasteiger partial charge in [0.1, 0.15) is 11.2 Å². The quantitative estimate of drug-likeness (QED) is 0.155. The molecule has 9 rings (SSSR count). The molecular formula is C43H26O2. The lowest BCUT2D eigenvalue weighted by atomic mass is 9.91. The van der Waals surface area contributed by atoms with E-state index in [0.29, 0.717) is 21.9 Å². The fraction of sp³-hybridized carbons (Fsp3) is 0. The first kappa shape index (κ1) is 25.5. The smallest absolute Gasteiger partial charge is 0.200 e. The number of benzene rings is 8. The zero-order valence-corrected chi connectivity index (χ0v) is 24.3. The van der Waals surface area contributed by atoms with Gasteiger partial charge in [0.05, 0.1) is 10.8 Å². The van der Waals surface area contributed by atoms with Gasteiger partial charge >= 0.3 is 0 Å². The summed E-state index contributed by atoms with van der Waals surface area (Å²) in [5.74, 6) is 0. The third-order valence-electron chi connectivity index (χ3n) is 9.05. The molecule has 0 saturated heterocycles. The van der Waals surface area contributed by atoms with Gasteiger partial charge in [0.2, 0.25) is 5.43 Å². The normalized spacial score (nSPS) is 11.6. The van der Waals surface area contributed by atoms with E-state index >= 15 is 0 Å². The van der Waals surface area contributed by atoms with Crippen LogP contribution in [-0.2, 0) is 0 Å². The second-order valence-electron chi connectivity index (χ2n) is 11.7. The van der Waals surface area contributed by atoms with E-state index in [2.05, 4.69) is 115 Å². The largest absolute Gasteiger partial charge is 0.456 e. The fourth-order valence-corrected chi connectivity index (χ4v) is 6.83. The second-order valence-corrected chi connectivity index (χ2v) is 11.7. The zero-order valence-electron chi connectivity index (χ0n) is 24.3. The predicted molar refractivity (Wildman–Crippen MR) is 189 cm³/mol. The van der Waals surface area contributed by atoms with Gasteiger partial charge in [-0.25, -0.2) is 0 Å². The lowest BCUT2D eigenvalue weighted by Crippen LogP contribution is -2.01. The molecule has 0 aliphatic carbocycles. The van der Waals surface area contributed by atoms with E-state index in [0.717, 1.165) is 22.3 Å². The first-order valence-corrected chi connectivity index (χ1v) is 15.2. The van der Waals surface area contributed by atoms with Crippen LogP contribution < -0.4 is 5.43 Å². The van der Waals surface area contributed by atoms with Crippen LogP contribution in [0.15, 0.2) is 167 Å². The molecule has 9 aromatic rings. The number of fused-ring (bicyclic) bond motifs is 8. The summed E-state index contributed by atoms with van der Waals surface area (Å²) in [6.07, 6.45) is 0. The van der Waals surface area contributed by atoms with Gasteiger partial charge in [-0.05, 0) is 108 Å². The number of para-hydroxylation sites is 1. The predicted octanol–water partition coefficient (Wildman–Crippen LogP) is 11.4. The highest BCUT2D eigenvalue weighted by molar-refractivity contribution is 6.25. The summed E-state index contributed by atoms with van der Waals surface area (Å²) in [6, 6.07) is 54.8. The molecule has 0 fully saturated rings. The Morgan fingerprint density at radius 3 is 1.27 bits per heavy atom. The van der Waals surface area contributed by atoms with Gasteiger partial charge in [-0.2, -0.15) is 0 Å². The van der Waals surface area contributed by atoms with Crippen molar-refractivity contribution in [2.24, 2.45) is 0 Å². The van der Waals surface area contributed by atoms with Crippen LogP contribution in [0.25, 0.3) is 87.6 Å². The molecule has 0 spiro atoms. The van der Waals surface area contributed by atoms with Crippen LogP contribution in [0.2, 0.25) is 0 Å². The minimum absolute atomic E-state index is 0.00582. The van der Waals surface area contributed by atoms with Gasteiger partial charge in [0, 0.05) is 0 Å². The zero-order chi connectivity index (χ0) is 29.9. The lowest BCUT2D eigenvalue weighted by Gasteiger charge is -2.13. The van der Waals surface area contributed by atoms with Crippen molar-refractivity contribution in [1.29, 1.82) is 0 Å². The molecule has 0 aliphatic heterocycles. The monoisotopic (exact) mass is 574 g/mol. The highest BCUT2D eigenvalue weighted by atomic mass is 16.3. The Morgan fingerprint density at radius 1 is 0.289 bits per heavy atom. The van der Waals surface area contributed by atoms with Crippen molar-refractivity contribution in [2.45, 2.75) is 0 Å². The average molecular weight is 575 g/mol. The minimum Gasteiger partial charge on any atom is -0.456 e. The van der Waals surface area contributed by atoms with Crippen molar-refractivity contribution in [3.63, 3.8) is 0 Å². The molecule has 0 radical (unpaired) electrons. The average Bonchev–Trinajstić information content (AvgIpc) is 3.12. The molecule has 0 unspecified atom stereocenters. The molecule has 0 atom stereocenters. The number of hydrogen-bond donors (Lipinski definition) is 0. The summed E-state index contributed by atoms with van der Waals surface area (Å²) in [5, 5.41) is 8.85. The van der Waals surface area contributed by atoms with E-state index < -0.39 is 0 Å². The molecule has 210 valence electrons. The van der Waals surface area contributed by atoms with Crippen LogP contribution in [0.5, 0.6) is 0 Å². The third kappa shape index (κ3) is 4.15. The molecule has 45 heavy (non-hydrogen) atoms. The molecule has 0 bridgehead atoms. The summed E-state index contributed by atoms with van der Waals surface area (Å²) in [4.78, 5) is 13.3. The van der Waals surface area contributed by atoms with E-state index in [1.807, 2.05) is 42.5 Å². The SMILES string of the molecule is O=c1c2ccccc2oc2ccc(-c3cccc(-c4cccc(-c5ccc6c7ccccc7c7ccccc7c6c5)c4)c3)cc12. The standard InChI is InChI=1S/C43H26O2/c44-43-38-17-5-6-18-41(38)45-42-22-20-32(26-40(42)43)30-12-8-10-28(24-30)27-9-7-11-29(23-27)31-19-21-37-35-15-2-1-13-33(35)34-14-3-4-16-36(34)39(37)25-31/h1-26H. The Balaban J connectivity index is 1.14. The van der Waals surface area contributed by atoms with Crippen molar-refractivity contribution in [1.82, 2.24) is 0 Å². The van der Waals surface area contributed by atoms with Crippen LogP contribution in [0.1, 0.15) is 0 Å². The van der Waals surface area contributed by atoms with Crippen molar-refractivity contribution >= 4 is 54.3 Å². The summed E-state index contributed by atoms with van der Waals surface area (Å²) in [5.41, 5.74) is 7.87. The Labute approximate surface area is 259 Å². The first-order valence-electron chi connectivity index (χ1n) is 15.2. The van der Waals surface area contributed by atoms with Crippen LogP contribution >= 0.6 is 0 Å². The van der Waals surface area contributed by atoms with Gasteiger partial charge in [0.15, 0.2) is 0 Å². The van der Waals surface area contributed by atoms with Crippen LogP contribution in [-0.4, -0.2) is 0 Å². The van der Waals surface area contributed by atoms with Crippen molar-refractivity contribution in [3.8, 4) is 33.4 Å². The van der Waals surface area contributed by atoms with Crippen LogP contribution in [0.3, 0.4) is 0 Å². The molecule has 1 heterocycles. The van der Waals surface area contributed by atoms with Crippen molar-refractivity contribution in [2.75, 3.05) is 0 Å². The van der Waals surface area contributed by atoms with E-state index in [1.165, 1.54) is 43.4 Å². The van der Waals surface area contributed by atoms with Crippen molar-refractivity contribution < 1.29 is 4.42 Å². The van der Waals surface area contributed by atoms with E-state index in [-0.39, 0.29) is 5.43 Å². The Hall–Kier alpha value is -5.99. The second kappa shape index (κ2) is 10.0. The van der Waals surface area contributed by atoms with E-state index in [4.69, 9.17) is 4.42 Å². The molecular weight excluding hydrogens is 548 g/mol. The fourth-order valence-electron chi connectivity index (χ4n) is 6.83. The molecule has 0 amide bonds. The first-order chi connectivity index (χ1) is 22.2. The molecule has 2 nitrogen and oxygen atoms in total. The maximum atomic E-state index is 13.3. The minimum atomic E-state index is -0.00582.